The number of fused-ring (bicyclic) bond motifs is 1. The maximum absolute atomic E-state index is 12.6. The zero-order chi connectivity index (χ0) is 19.0. The SMILES string of the molecule is COc1cc(-c2oc3cc(C4CCCCC4)ccc3c(=O)c2O)ccc1O. The second kappa shape index (κ2) is 6.99. The normalized spacial score (nSPS) is 15.1. The van der Waals surface area contributed by atoms with Crippen LogP contribution in [0.5, 0.6) is 17.2 Å². The summed E-state index contributed by atoms with van der Waals surface area (Å²) in [5.41, 5.74) is 1.63. The zero-order valence-electron chi connectivity index (χ0n) is 15.2. The van der Waals surface area contributed by atoms with Crippen LogP contribution in [0.25, 0.3) is 22.3 Å². The zero-order valence-corrected chi connectivity index (χ0v) is 15.2. The molecule has 0 amide bonds. The number of hydrogen-bond donors (Lipinski definition) is 2. The molecule has 0 atom stereocenters. The lowest BCUT2D eigenvalue weighted by Gasteiger charge is -2.22. The van der Waals surface area contributed by atoms with Crippen molar-refractivity contribution < 1.29 is 19.4 Å². The molecule has 5 heteroatoms. The van der Waals surface area contributed by atoms with Gasteiger partial charge in [0.15, 0.2) is 17.3 Å². The van der Waals surface area contributed by atoms with E-state index < -0.39 is 11.2 Å². The van der Waals surface area contributed by atoms with Gasteiger partial charge in [-0.05, 0) is 54.7 Å². The summed E-state index contributed by atoms with van der Waals surface area (Å²) in [5.74, 6) is 0.334. The minimum Gasteiger partial charge on any atom is -0.504 e. The van der Waals surface area contributed by atoms with E-state index in [4.69, 9.17) is 9.15 Å². The summed E-state index contributed by atoms with van der Waals surface area (Å²) in [4.78, 5) is 12.6. The average Bonchev–Trinajstić information content (AvgIpc) is 2.71. The van der Waals surface area contributed by atoms with Crippen LogP contribution >= 0.6 is 0 Å². The lowest BCUT2D eigenvalue weighted by atomic mass is 9.84. The molecule has 5 nitrogen and oxygen atoms in total. The molecule has 2 N–H and O–H groups in total. The minimum absolute atomic E-state index is 0.0246. The molecular weight excluding hydrogens is 344 g/mol. The summed E-state index contributed by atoms with van der Waals surface area (Å²) in [6.45, 7) is 0. The summed E-state index contributed by atoms with van der Waals surface area (Å²) >= 11 is 0. The molecule has 1 saturated carbocycles. The van der Waals surface area contributed by atoms with Crippen molar-refractivity contribution in [2.45, 2.75) is 38.0 Å². The van der Waals surface area contributed by atoms with Gasteiger partial charge in [0.25, 0.3) is 0 Å². The van der Waals surface area contributed by atoms with Crippen molar-refractivity contribution in [1.29, 1.82) is 0 Å². The van der Waals surface area contributed by atoms with Crippen LogP contribution in [0.1, 0.15) is 43.6 Å². The van der Waals surface area contributed by atoms with Crippen LogP contribution in [0, 0.1) is 0 Å². The van der Waals surface area contributed by atoms with Crippen molar-refractivity contribution in [1.82, 2.24) is 0 Å². The summed E-state index contributed by atoms with van der Waals surface area (Å²) in [7, 11) is 1.44. The highest BCUT2D eigenvalue weighted by Crippen LogP contribution is 2.37. The van der Waals surface area contributed by atoms with Crippen molar-refractivity contribution in [3.8, 4) is 28.6 Å². The third-order valence-electron chi connectivity index (χ3n) is 5.41. The van der Waals surface area contributed by atoms with Gasteiger partial charge in [-0.2, -0.15) is 0 Å². The van der Waals surface area contributed by atoms with Crippen LogP contribution in [-0.4, -0.2) is 17.3 Å². The Balaban J connectivity index is 1.86. The fourth-order valence-corrected chi connectivity index (χ4v) is 3.90. The first-order valence-electron chi connectivity index (χ1n) is 9.25. The van der Waals surface area contributed by atoms with Gasteiger partial charge in [0, 0.05) is 5.56 Å². The van der Waals surface area contributed by atoms with Crippen LogP contribution in [-0.2, 0) is 0 Å². The highest BCUT2D eigenvalue weighted by Gasteiger charge is 2.20. The Labute approximate surface area is 156 Å². The number of ether oxygens (including phenoxy) is 1. The topological polar surface area (TPSA) is 79.9 Å². The van der Waals surface area contributed by atoms with Gasteiger partial charge in [-0.15, -0.1) is 0 Å². The van der Waals surface area contributed by atoms with E-state index in [1.54, 1.807) is 12.1 Å². The number of aromatic hydroxyl groups is 2. The maximum atomic E-state index is 12.6. The summed E-state index contributed by atoms with van der Waals surface area (Å²) in [6, 6.07) is 10.2. The van der Waals surface area contributed by atoms with E-state index in [0.717, 1.165) is 12.8 Å². The molecule has 140 valence electrons. The van der Waals surface area contributed by atoms with Crippen LogP contribution in [0.4, 0.5) is 0 Å². The van der Waals surface area contributed by atoms with E-state index in [1.165, 1.54) is 44.1 Å². The molecule has 3 aromatic rings. The largest absolute Gasteiger partial charge is 0.504 e. The lowest BCUT2D eigenvalue weighted by molar-refractivity contribution is 0.373. The molecule has 1 aliphatic carbocycles. The number of rotatable bonds is 3. The Kier molecular flexibility index (Phi) is 4.52. The van der Waals surface area contributed by atoms with Crippen LogP contribution in [0.2, 0.25) is 0 Å². The predicted molar refractivity (Wildman–Crippen MR) is 104 cm³/mol. The standard InChI is InChI=1S/C22H22O5/c1-26-19-12-15(8-10-17(19)23)22-21(25)20(24)16-9-7-14(11-18(16)27-22)13-5-3-2-4-6-13/h7-13,23,25H,2-6H2,1H3. The number of phenols is 1. The molecule has 2 aromatic carbocycles. The quantitative estimate of drug-likeness (QED) is 0.687. The van der Waals surface area contributed by atoms with Gasteiger partial charge in [0.05, 0.1) is 12.5 Å². The number of phenolic OH excluding ortho intramolecular Hbond substituents is 1. The van der Waals surface area contributed by atoms with Gasteiger partial charge in [0.2, 0.25) is 11.2 Å². The smallest absolute Gasteiger partial charge is 0.235 e. The van der Waals surface area contributed by atoms with Crippen molar-refractivity contribution in [2.24, 2.45) is 0 Å². The first-order chi connectivity index (χ1) is 13.1. The molecule has 0 radical (unpaired) electrons. The van der Waals surface area contributed by atoms with Gasteiger partial charge in [-0.25, -0.2) is 0 Å². The lowest BCUT2D eigenvalue weighted by Crippen LogP contribution is -2.06. The molecule has 0 aliphatic heterocycles. The fraction of sp³-hybridized carbons (Fsp3) is 0.318. The predicted octanol–water partition coefficient (Wildman–Crippen LogP) is 4.93. The van der Waals surface area contributed by atoms with Gasteiger partial charge >= 0.3 is 0 Å². The molecule has 0 spiro atoms. The van der Waals surface area contributed by atoms with Crippen LogP contribution in [0.3, 0.4) is 0 Å². The minimum atomic E-state index is -0.464. The van der Waals surface area contributed by atoms with Crippen molar-refractivity contribution in [3.63, 3.8) is 0 Å². The number of benzene rings is 2. The van der Waals surface area contributed by atoms with Crippen molar-refractivity contribution in [3.05, 3.63) is 52.2 Å². The van der Waals surface area contributed by atoms with E-state index in [-0.39, 0.29) is 17.3 Å². The molecule has 0 bridgehead atoms. The summed E-state index contributed by atoms with van der Waals surface area (Å²) in [6.07, 6.45) is 6.02. The Morgan fingerprint density at radius 3 is 2.56 bits per heavy atom. The van der Waals surface area contributed by atoms with Crippen LogP contribution < -0.4 is 10.2 Å². The Morgan fingerprint density at radius 2 is 1.81 bits per heavy atom. The van der Waals surface area contributed by atoms with E-state index in [0.29, 0.717) is 22.5 Å². The molecule has 0 unspecified atom stereocenters. The molecule has 1 fully saturated rings. The summed E-state index contributed by atoms with van der Waals surface area (Å²) < 4.78 is 11.1. The summed E-state index contributed by atoms with van der Waals surface area (Å²) in [5, 5.41) is 20.5. The highest BCUT2D eigenvalue weighted by atomic mass is 16.5. The maximum Gasteiger partial charge on any atom is 0.235 e. The number of hydrogen-bond acceptors (Lipinski definition) is 5. The molecule has 4 rings (SSSR count). The fourth-order valence-electron chi connectivity index (χ4n) is 3.90. The monoisotopic (exact) mass is 366 g/mol. The van der Waals surface area contributed by atoms with Crippen LogP contribution in [0.15, 0.2) is 45.6 Å². The van der Waals surface area contributed by atoms with Gasteiger partial charge in [0.1, 0.15) is 5.58 Å². The second-order valence-corrected chi connectivity index (χ2v) is 7.09. The van der Waals surface area contributed by atoms with E-state index in [1.807, 2.05) is 12.1 Å². The second-order valence-electron chi connectivity index (χ2n) is 7.09. The van der Waals surface area contributed by atoms with Crippen molar-refractivity contribution >= 4 is 11.0 Å². The first-order valence-corrected chi connectivity index (χ1v) is 9.25. The Hall–Kier alpha value is -2.95. The third kappa shape index (κ3) is 3.14. The van der Waals surface area contributed by atoms with E-state index >= 15 is 0 Å². The molecule has 1 aromatic heterocycles. The van der Waals surface area contributed by atoms with Gasteiger partial charge in [-0.1, -0.05) is 25.3 Å². The molecule has 1 heterocycles. The first kappa shape index (κ1) is 17.5. The molecule has 27 heavy (non-hydrogen) atoms. The number of methoxy groups -OCH3 is 1. The Bertz CT molecular complexity index is 1040. The van der Waals surface area contributed by atoms with Gasteiger partial charge in [-0.3, -0.25) is 4.79 Å². The van der Waals surface area contributed by atoms with Gasteiger partial charge < -0.3 is 19.4 Å². The Morgan fingerprint density at radius 1 is 1.04 bits per heavy atom. The molecule has 1 aliphatic rings. The third-order valence-corrected chi connectivity index (χ3v) is 5.41. The van der Waals surface area contributed by atoms with E-state index in [2.05, 4.69) is 0 Å². The highest BCUT2D eigenvalue weighted by molar-refractivity contribution is 5.82. The molecular formula is C22H22O5. The molecule has 0 saturated heterocycles. The van der Waals surface area contributed by atoms with E-state index in [9.17, 15) is 15.0 Å². The average molecular weight is 366 g/mol. The van der Waals surface area contributed by atoms with Crippen molar-refractivity contribution in [2.75, 3.05) is 7.11 Å².